The molecule has 1 aliphatic rings. The van der Waals surface area contributed by atoms with Gasteiger partial charge in [-0.3, -0.25) is 4.40 Å². The molecule has 3 rings (SSSR count). The molecule has 2 aromatic rings. The largest absolute Gasteiger partial charge is 0.461 e. The second-order valence-corrected chi connectivity index (χ2v) is 8.02. The van der Waals surface area contributed by atoms with Gasteiger partial charge in [0.2, 0.25) is 0 Å². The average molecular weight is 321 g/mol. The summed E-state index contributed by atoms with van der Waals surface area (Å²) in [4.78, 5) is 18.5. The van der Waals surface area contributed by atoms with E-state index >= 15 is 0 Å². The molecule has 120 valence electrons. The lowest BCUT2D eigenvalue weighted by Crippen LogP contribution is -2.26. The van der Waals surface area contributed by atoms with Crippen LogP contribution in [0.25, 0.3) is 4.96 Å². The lowest BCUT2D eigenvalue weighted by Gasteiger charge is -2.33. The summed E-state index contributed by atoms with van der Waals surface area (Å²) in [6.07, 6.45) is 3.20. The highest BCUT2D eigenvalue weighted by molar-refractivity contribution is 7.17. The summed E-state index contributed by atoms with van der Waals surface area (Å²) in [5.74, 6) is 0.655. The summed E-state index contributed by atoms with van der Waals surface area (Å²) in [7, 11) is 0. The standard InChI is InChI=1S/C16H23N3O2S/c1-5-21-14(20)12-13(17)19-10-7-6-9(16(2,3)4)8-11(10)22-15(19)18-12/h9H,5-8,17H2,1-4H3. The van der Waals surface area contributed by atoms with Crippen LogP contribution in [0.3, 0.4) is 0 Å². The number of nitrogen functional groups attached to an aromatic ring is 1. The van der Waals surface area contributed by atoms with E-state index in [-0.39, 0.29) is 5.69 Å². The maximum absolute atomic E-state index is 11.9. The highest BCUT2D eigenvalue weighted by Gasteiger charge is 2.32. The predicted octanol–water partition coefficient (Wildman–Crippen LogP) is 3.31. The molecule has 0 aromatic carbocycles. The summed E-state index contributed by atoms with van der Waals surface area (Å²) >= 11 is 1.65. The van der Waals surface area contributed by atoms with Crippen molar-refractivity contribution < 1.29 is 9.53 Å². The van der Waals surface area contributed by atoms with Gasteiger partial charge in [0.05, 0.1) is 6.61 Å². The Morgan fingerprint density at radius 3 is 2.86 bits per heavy atom. The molecule has 2 aromatic heterocycles. The van der Waals surface area contributed by atoms with E-state index in [4.69, 9.17) is 10.5 Å². The molecule has 6 heteroatoms. The molecule has 0 bridgehead atoms. The van der Waals surface area contributed by atoms with Crippen molar-refractivity contribution in [2.75, 3.05) is 12.3 Å². The highest BCUT2D eigenvalue weighted by atomic mass is 32.1. The van der Waals surface area contributed by atoms with Crippen molar-refractivity contribution in [1.29, 1.82) is 0 Å². The van der Waals surface area contributed by atoms with Gasteiger partial charge in [-0.2, -0.15) is 0 Å². The number of hydrogen-bond acceptors (Lipinski definition) is 5. The molecule has 0 amide bonds. The number of ether oxygens (including phenoxy) is 1. The van der Waals surface area contributed by atoms with E-state index in [1.54, 1.807) is 18.3 Å². The molecular formula is C16H23N3O2S. The van der Waals surface area contributed by atoms with Gasteiger partial charge in [-0.15, -0.1) is 11.3 Å². The van der Waals surface area contributed by atoms with Crippen LogP contribution in [0.2, 0.25) is 0 Å². The summed E-state index contributed by atoms with van der Waals surface area (Å²) in [5, 5.41) is 0. The maximum Gasteiger partial charge on any atom is 0.360 e. The van der Waals surface area contributed by atoms with Crippen LogP contribution in [0.1, 0.15) is 55.2 Å². The molecule has 1 unspecified atom stereocenters. The fourth-order valence-corrected chi connectivity index (χ4v) is 4.42. The summed E-state index contributed by atoms with van der Waals surface area (Å²) in [6, 6.07) is 0. The van der Waals surface area contributed by atoms with E-state index in [1.807, 2.05) is 4.40 Å². The number of thiazole rings is 1. The number of hydrogen-bond donors (Lipinski definition) is 1. The van der Waals surface area contributed by atoms with Crippen molar-refractivity contribution in [2.45, 2.75) is 47.0 Å². The fraction of sp³-hybridized carbons (Fsp3) is 0.625. The first-order valence-corrected chi connectivity index (χ1v) is 8.60. The molecule has 2 N–H and O–H groups in total. The normalized spacial score (nSPS) is 18.5. The van der Waals surface area contributed by atoms with Crippen molar-refractivity contribution in [3.63, 3.8) is 0 Å². The Morgan fingerprint density at radius 1 is 1.50 bits per heavy atom. The molecule has 0 saturated heterocycles. The Morgan fingerprint density at radius 2 is 2.23 bits per heavy atom. The SMILES string of the molecule is CCOC(=O)c1nc2sc3c(n2c1N)CCC(C(C)(C)C)C3. The third-order valence-electron chi connectivity index (χ3n) is 4.54. The molecule has 2 heterocycles. The molecule has 0 radical (unpaired) electrons. The van der Waals surface area contributed by atoms with E-state index < -0.39 is 5.97 Å². The first-order chi connectivity index (χ1) is 10.3. The molecule has 1 aliphatic carbocycles. The van der Waals surface area contributed by atoms with E-state index in [2.05, 4.69) is 25.8 Å². The minimum atomic E-state index is -0.437. The van der Waals surface area contributed by atoms with Crippen molar-refractivity contribution in [3.05, 3.63) is 16.3 Å². The molecule has 0 aliphatic heterocycles. The second kappa shape index (κ2) is 5.26. The Balaban J connectivity index is 2.00. The minimum Gasteiger partial charge on any atom is -0.461 e. The number of nitrogens with two attached hydrogens (primary N) is 1. The number of aryl methyl sites for hydroxylation is 1. The molecule has 22 heavy (non-hydrogen) atoms. The third-order valence-corrected chi connectivity index (χ3v) is 5.65. The number of fused-ring (bicyclic) bond motifs is 3. The number of imidazole rings is 1. The van der Waals surface area contributed by atoms with Crippen LogP contribution in [-0.4, -0.2) is 22.0 Å². The quantitative estimate of drug-likeness (QED) is 0.862. The van der Waals surface area contributed by atoms with Crippen LogP contribution in [0, 0.1) is 11.3 Å². The number of aromatic nitrogens is 2. The van der Waals surface area contributed by atoms with Crippen LogP contribution in [-0.2, 0) is 17.6 Å². The van der Waals surface area contributed by atoms with Crippen LogP contribution in [0.4, 0.5) is 5.82 Å². The van der Waals surface area contributed by atoms with Gasteiger partial charge < -0.3 is 10.5 Å². The topological polar surface area (TPSA) is 69.6 Å². The van der Waals surface area contributed by atoms with Crippen molar-refractivity contribution in [3.8, 4) is 0 Å². The Hall–Kier alpha value is -1.56. The highest BCUT2D eigenvalue weighted by Crippen LogP contribution is 2.41. The minimum absolute atomic E-state index is 0.244. The van der Waals surface area contributed by atoms with Gasteiger partial charge in [-0.1, -0.05) is 20.8 Å². The van der Waals surface area contributed by atoms with Crippen molar-refractivity contribution in [1.82, 2.24) is 9.38 Å². The van der Waals surface area contributed by atoms with E-state index in [0.717, 1.165) is 24.2 Å². The van der Waals surface area contributed by atoms with Gasteiger partial charge >= 0.3 is 5.97 Å². The van der Waals surface area contributed by atoms with Crippen LogP contribution in [0.5, 0.6) is 0 Å². The summed E-state index contributed by atoms with van der Waals surface area (Å²) in [6.45, 7) is 9.01. The number of carbonyl (C=O) groups is 1. The monoisotopic (exact) mass is 321 g/mol. The molecule has 5 nitrogen and oxygen atoms in total. The first-order valence-electron chi connectivity index (χ1n) is 7.78. The fourth-order valence-electron chi connectivity index (χ4n) is 3.17. The van der Waals surface area contributed by atoms with E-state index in [0.29, 0.717) is 23.8 Å². The van der Waals surface area contributed by atoms with E-state index in [9.17, 15) is 4.79 Å². The summed E-state index contributed by atoms with van der Waals surface area (Å²) in [5.41, 5.74) is 7.94. The van der Waals surface area contributed by atoms with Gasteiger partial charge in [0.15, 0.2) is 10.7 Å². The van der Waals surface area contributed by atoms with Gasteiger partial charge in [0, 0.05) is 10.6 Å². The number of carbonyl (C=O) groups excluding carboxylic acids is 1. The zero-order valence-electron chi connectivity index (χ0n) is 13.6. The number of anilines is 1. The molecule has 1 atom stereocenters. The molecule has 0 fully saturated rings. The predicted molar refractivity (Wildman–Crippen MR) is 88.4 cm³/mol. The number of esters is 1. The number of rotatable bonds is 2. The van der Waals surface area contributed by atoms with Crippen LogP contribution >= 0.6 is 11.3 Å². The zero-order valence-corrected chi connectivity index (χ0v) is 14.4. The maximum atomic E-state index is 11.9. The molecule has 0 saturated carbocycles. The van der Waals surface area contributed by atoms with Gasteiger partial charge in [-0.25, -0.2) is 9.78 Å². The Kier molecular flexibility index (Phi) is 3.67. The molecular weight excluding hydrogens is 298 g/mol. The number of nitrogens with zero attached hydrogens (tertiary/aromatic N) is 2. The van der Waals surface area contributed by atoms with Gasteiger partial charge in [-0.05, 0) is 37.5 Å². The second-order valence-electron chi connectivity index (χ2n) is 6.96. The third kappa shape index (κ3) is 2.39. The van der Waals surface area contributed by atoms with Gasteiger partial charge in [0.25, 0.3) is 0 Å². The zero-order chi connectivity index (χ0) is 16.1. The Labute approximate surface area is 134 Å². The van der Waals surface area contributed by atoms with Crippen LogP contribution in [0.15, 0.2) is 0 Å². The lowest BCUT2D eigenvalue weighted by atomic mass is 9.73. The lowest BCUT2D eigenvalue weighted by molar-refractivity contribution is 0.0521. The summed E-state index contributed by atoms with van der Waals surface area (Å²) < 4.78 is 6.97. The van der Waals surface area contributed by atoms with E-state index in [1.165, 1.54) is 10.6 Å². The van der Waals surface area contributed by atoms with Gasteiger partial charge in [0.1, 0.15) is 5.82 Å². The smallest absolute Gasteiger partial charge is 0.360 e. The van der Waals surface area contributed by atoms with Crippen molar-refractivity contribution in [2.24, 2.45) is 11.3 Å². The van der Waals surface area contributed by atoms with Crippen LogP contribution < -0.4 is 5.73 Å². The average Bonchev–Trinajstić information content (AvgIpc) is 2.94. The van der Waals surface area contributed by atoms with Crippen molar-refractivity contribution >= 4 is 28.1 Å². The Bertz CT molecular complexity index is 724. The molecule has 0 spiro atoms. The first kappa shape index (κ1) is 15.3.